The van der Waals surface area contributed by atoms with Gasteiger partial charge in [-0.25, -0.2) is 9.69 Å². The first-order valence-corrected chi connectivity index (χ1v) is 8.01. The van der Waals surface area contributed by atoms with Crippen molar-refractivity contribution in [2.75, 3.05) is 18.9 Å². The molecule has 0 unspecified atom stereocenters. The van der Waals surface area contributed by atoms with Crippen LogP contribution >= 0.6 is 11.8 Å². The molecule has 0 atom stereocenters. The minimum atomic E-state index is -0.593. The van der Waals surface area contributed by atoms with Crippen molar-refractivity contribution in [1.29, 1.82) is 0 Å². The Balaban J connectivity index is 1.74. The molecular weight excluding hydrogens is 318 g/mol. The smallest absolute Gasteiger partial charge is 0.416 e. The largest absolute Gasteiger partial charge is 0.447 e. The summed E-state index contributed by atoms with van der Waals surface area (Å²) in [7, 11) is 0. The van der Waals surface area contributed by atoms with E-state index >= 15 is 0 Å². The van der Waals surface area contributed by atoms with E-state index in [1.807, 2.05) is 32.0 Å². The van der Waals surface area contributed by atoms with Crippen LogP contribution in [0.1, 0.15) is 11.1 Å². The Kier molecular flexibility index (Phi) is 4.28. The van der Waals surface area contributed by atoms with Gasteiger partial charge in [0.05, 0.1) is 18.0 Å². The second-order valence-electron chi connectivity index (χ2n) is 5.11. The van der Waals surface area contributed by atoms with Crippen molar-refractivity contribution < 1.29 is 14.3 Å². The standard InChI is InChI=1S/C14H15N5O3S/c1-9-3-4-11(10(2)7-9)19-13(15-16-17-19)23-8-12(20)18-5-6-22-14(18)21/h3-4,7H,5-6,8H2,1-2H3. The van der Waals surface area contributed by atoms with Crippen molar-refractivity contribution in [1.82, 2.24) is 25.1 Å². The van der Waals surface area contributed by atoms with Gasteiger partial charge in [0.15, 0.2) is 0 Å². The van der Waals surface area contributed by atoms with Gasteiger partial charge in [0.2, 0.25) is 11.1 Å². The molecule has 9 heteroatoms. The van der Waals surface area contributed by atoms with E-state index in [4.69, 9.17) is 4.74 Å². The Labute approximate surface area is 136 Å². The van der Waals surface area contributed by atoms with Crippen molar-refractivity contribution in [2.24, 2.45) is 0 Å². The molecule has 0 aliphatic carbocycles. The number of aryl methyl sites for hydroxylation is 2. The average Bonchev–Trinajstić information content (AvgIpc) is 3.13. The summed E-state index contributed by atoms with van der Waals surface area (Å²) in [5.74, 6) is -0.243. The Morgan fingerprint density at radius 1 is 1.39 bits per heavy atom. The maximum absolute atomic E-state index is 12.0. The minimum absolute atomic E-state index is 0.0698. The molecule has 0 radical (unpaired) electrons. The van der Waals surface area contributed by atoms with E-state index in [-0.39, 0.29) is 18.3 Å². The molecule has 1 aromatic carbocycles. The molecule has 2 heterocycles. The first kappa shape index (κ1) is 15.5. The van der Waals surface area contributed by atoms with Crippen LogP contribution in [0.4, 0.5) is 4.79 Å². The SMILES string of the molecule is Cc1ccc(-n2nnnc2SCC(=O)N2CCOC2=O)c(C)c1. The summed E-state index contributed by atoms with van der Waals surface area (Å²) in [6.07, 6.45) is -0.593. The molecule has 0 spiro atoms. The average molecular weight is 333 g/mol. The fraction of sp³-hybridized carbons (Fsp3) is 0.357. The Morgan fingerprint density at radius 2 is 2.22 bits per heavy atom. The number of aromatic nitrogens is 4. The second kappa shape index (κ2) is 6.37. The summed E-state index contributed by atoms with van der Waals surface area (Å²) in [6.45, 7) is 4.53. The van der Waals surface area contributed by atoms with Gasteiger partial charge in [-0.15, -0.1) is 5.10 Å². The van der Waals surface area contributed by atoms with Gasteiger partial charge in [0.1, 0.15) is 6.61 Å². The molecule has 1 saturated heterocycles. The molecule has 2 amide bonds. The van der Waals surface area contributed by atoms with Gasteiger partial charge in [-0.1, -0.05) is 29.5 Å². The van der Waals surface area contributed by atoms with Crippen LogP contribution in [0.2, 0.25) is 0 Å². The number of imide groups is 1. The van der Waals surface area contributed by atoms with E-state index in [1.54, 1.807) is 4.68 Å². The molecule has 0 bridgehead atoms. The third-order valence-corrected chi connectivity index (χ3v) is 4.31. The maximum Gasteiger partial charge on any atom is 0.416 e. The zero-order valence-electron chi connectivity index (χ0n) is 12.7. The van der Waals surface area contributed by atoms with Gasteiger partial charge >= 0.3 is 6.09 Å². The van der Waals surface area contributed by atoms with E-state index < -0.39 is 6.09 Å². The summed E-state index contributed by atoms with van der Waals surface area (Å²) in [5.41, 5.74) is 3.04. The van der Waals surface area contributed by atoms with E-state index in [2.05, 4.69) is 15.5 Å². The minimum Gasteiger partial charge on any atom is -0.447 e. The first-order valence-electron chi connectivity index (χ1n) is 7.02. The lowest BCUT2D eigenvalue weighted by molar-refractivity contribution is -0.125. The third-order valence-electron chi connectivity index (χ3n) is 3.41. The van der Waals surface area contributed by atoms with E-state index in [0.717, 1.165) is 21.7 Å². The van der Waals surface area contributed by atoms with Crippen LogP contribution in [0.3, 0.4) is 0 Å². The van der Waals surface area contributed by atoms with Crippen molar-refractivity contribution in [3.63, 3.8) is 0 Å². The van der Waals surface area contributed by atoms with Gasteiger partial charge in [0.25, 0.3) is 0 Å². The summed E-state index contributed by atoms with van der Waals surface area (Å²) < 4.78 is 6.35. The van der Waals surface area contributed by atoms with Gasteiger partial charge in [-0.2, -0.15) is 4.68 Å². The van der Waals surface area contributed by atoms with Gasteiger partial charge in [0, 0.05) is 0 Å². The Hall–Kier alpha value is -2.42. The van der Waals surface area contributed by atoms with Gasteiger partial charge in [-0.3, -0.25) is 4.79 Å². The molecular formula is C14H15N5O3S. The number of nitrogens with zero attached hydrogens (tertiary/aromatic N) is 5. The Bertz CT molecular complexity index is 761. The zero-order chi connectivity index (χ0) is 16.4. The van der Waals surface area contributed by atoms with Gasteiger partial charge < -0.3 is 4.74 Å². The number of amides is 2. The molecule has 0 N–H and O–H groups in total. The molecule has 120 valence electrons. The molecule has 23 heavy (non-hydrogen) atoms. The number of cyclic esters (lactones) is 1. The van der Waals surface area contributed by atoms with Crippen LogP contribution in [0.5, 0.6) is 0 Å². The number of carbonyl (C=O) groups excluding carboxylic acids is 2. The lowest BCUT2D eigenvalue weighted by atomic mass is 10.1. The predicted octanol–water partition coefficient (Wildman–Crippen LogP) is 1.35. The molecule has 1 aromatic heterocycles. The fourth-order valence-corrected chi connectivity index (χ4v) is 3.05. The number of hydrogen-bond acceptors (Lipinski definition) is 7. The normalized spacial score (nSPS) is 14.2. The summed E-state index contributed by atoms with van der Waals surface area (Å²) >= 11 is 1.19. The molecule has 2 aromatic rings. The van der Waals surface area contributed by atoms with E-state index in [9.17, 15) is 9.59 Å². The first-order chi connectivity index (χ1) is 11.1. The van der Waals surface area contributed by atoms with E-state index in [0.29, 0.717) is 11.7 Å². The predicted molar refractivity (Wildman–Crippen MR) is 82.4 cm³/mol. The highest BCUT2D eigenvalue weighted by atomic mass is 32.2. The van der Waals surface area contributed by atoms with Crippen LogP contribution in [0.25, 0.3) is 5.69 Å². The van der Waals surface area contributed by atoms with Crippen LogP contribution in [0, 0.1) is 13.8 Å². The summed E-state index contributed by atoms with van der Waals surface area (Å²) in [4.78, 5) is 24.5. The highest BCUT2D eigenvalue weighted by Gasteiger charge is 2.28. The summed E-state index contributed by atoms with van der Waals surface area (Å²) in [6, 6.07) is 5.95. The monoisotopic (exact) mass is 333 g/mol. The number of thioether (sulfide) groups is 1. The lowest BCUT2D eigenvalue weighted by Gasteiger charge is -2.10. The number of tetrazole rings is 1. The maximum atomic E-state index is 12.0. The highest BCUT2D eigenvalue weighted by Crippen LogP contribution is 2.22. The molecule has 1 aliphatic heterocycles. The van der Waals surface area contributed by atoms with Crippen LogP contribution in [-0.2, 0) is 9.53 Å². The molecule has 8 nitrogen and oxygen atoms in total. The van der Waals surface area contributed by atoms with Crippen LogP contribution in [-0.4, -0.2) is 56.0 Å². The number of hydrogen-bond donors (Lipinski definition) is 0. The highest BCUT2D eigenvalue weighted by molar-refractivity contribution is 7.99. The fourth-order valence-electron chi connectivity index (χ4n) is 2.29. The molecule has 3 rings (SSSR count). The van der Waals surface area contributed by atoms with Crippen LogP contribution in [0.15, 0.2) is 23.4 Å². The number of ether oxygens (including phenoxy) is 1. The van der Waals surface area contributed by atoms with Crippen LogP contribution < -0.4 is 0 Å². The van der Waals surface area contributed by atoms with Gasteiger partial charge in [-0.05, 0) is 35.9 Å². The molecule has 0 saturated carbocycles. The van der Waals surface area contributed by atoms with E-state index in [1.165, 1.54) is 11.8 Å². The third kappa shape index (κ3) is 3.19. The van der Waals surface area contributed by atoms with Crippen molar-refractivity contribution in [2.45, 2.75) is 19.0 Å². The lowest BCUT2D eigenvalue weighted by Crippen LogP contribution is -2.33. The Morgan fingerprint density at radius 3 is 2.91 bits per heavy atom. The summed E-state index contributed by atoms with van der Waals surface area (Å²) in [5, 5.41) is 12.1. The number of rotatable bonds is 4. The quantitative estimate of drug-likeness (QED) is 0.780. The molecule has 1 fully saturated rings. The van der Waals surface area contributed by atoms with Crippen molar-refractivity contribution in [3.05, 3.63) is 29.3 Å². The van der Waals surface area contributed by atoms with Crippen molar-refractivity contribution >= 4 is 23.8 Å². The molecule has 1 aliphatic rings. The number of carbonyl (C=O) groups is 2. The van der Waals surface area contributed by atoms with Crippen molar-refractivity contribution in [3.8, 4) is 5.69 Å². The second-order valence-corrected chi connectivity index (χ2v) is 6.05. The zero-order valence-corrected chi connectivity index (χ0v) is 13.5. The number of benzene rings is 1. The topological polar surface area (TPSA) is 90.2 Å².